The number of alkyl halides is 3. The van der Waals surface area contributed by atoms with Crippen LogP contribution in [-0.2, 0) is 6.18 Å². The van der Waals surface area contributed by atoms with Crippen molar-refractivity contribution in [1.29, 1.82) is 0 Å². The number of carbonyl (C=O) groups excluding carboxylic acids is 1. The Labute approximate surface area is 116 Å². The monoisotopic (exact) mass is 285 g/mol. The summed E-state index contributed by atoms with van der Waals surface area (Å²) in [5, 5.41) is 0. The lowest BCUT2D eigenvalue weighted by Gasteiger charge is -2.34. The minimum absolute atomic E-state index is 0.0597. The summed E-state index contributed by atoms with van der Waals surface area (Å²) in [6.07, 6.45) is -1.07. The summed E-state index contributed by atoms with van der Waals surface area (Å²) < 4.78 is 39.4. The van der Waals surface area contributed by atoms with Gasteiger partial charge in [-0.3, -0.25) is 4.79 Å². The van der Waals surface area contributed by atoms with E-state index in [2.05, 4.69) is 6.92 Å². The van der Waals surface area contributed by atoms with Crippen LogP contribution in [0.25, 0.3) is 0 Å². The summed E-state index contributed by atoms with van der Waals surface area (Å²) in [5.41, 5.74) is -0.459. The molecule has 0 saturated carbocycles. The fourth-order valence-corrected chi connectivity index (χ4v) is 2.71. The van der Waals surface area contributed by atoms with E-state index < -0.39 is 11.7 Å². The summed E-state index contributed by atoms with van der Waals surface area (Å²) in [6, 6.07) is 3.80. The molecule has 1 aliphatic rings. The van der Waals surface area contributed by atoms with Gasteiger partial charge in [0, 0.05) is 24.3 Å². The van der Waals surface area contributed by atoms with Crippen molar-refractivity contribution in [1.82, 2.24) is 0 Å². The van der Waals surface area contributed by atoms with E-state index >= 15 is 0 Å². The number of halogens is 3. The molecule has 0 aliphatic carbocycles. The predicted octanol–water partition coefficient (Wildman–Crippen LogP) is 4.14. The highest BCUT2D eigenvalue weighted by Crippen LogP contribution is 2.38. The predicted molar refractivity (Wildman–Crippen MR) is 72.1 cm³/mol. The van der Waals surface area contributed by atoms with Crippen LogP contribution in [0.1, 0.15) is 42.1 Å². The van der Waals surface area contributed by atoms with Crippen molar-refractivity contribution in [2.75, 3.05) is 18.0 Å². The Balaban J connectivity index is 2.29. The molecule has 0 amide bonds. The number of nitrogens with zero attached hydrogens (tertiary/aromatic N) is 1. The molecular weight excluding hydrogens is 267 g/mol. The zero-order valence-corrected chi connectivity index (χ0v) is 11.4. The third-order valence-electron chi connectivity index (χ3n) is 3.99. The third-order valence-corrected chi connectivity index (χ3v) is 3.99. The molecule has 1 heterocycles. The van der Waals surface area contributed by atoms with Gasteiger partial charge in [0.15, 0.2) is 0 Å². The number of benzene rings is 1. The van der Waals surface area contributed by atoms with E-state index in [4.69, 9.17) is 0 Å². The van der Waals surface area contributed by atoms with Gasteiger partial charge < -0.3 is 4.90 Å². The summed E-state index contributed by atoms with van der Waals surface area (Å²) in [5.74, 6) is 0.606. The average molecular weight is 285 g/mol. The quantitative estimate of drug-likeness (QED) is 0.778. The fraction of sp³-hybridized carbons (Fsp3) is 0.533. The summed E-state index contributed by atoms with van der Waals surface area (Å²) in [4.78, 5) is 12.5. The summed E-state index contributed by atoms with van der Waals surface area (Å²) in [7, 11) is 0. The van der Waals surface area contributed by atoms with E-state index in [0.29, 0.717) is 25.3 Å². The molecule has 1 fully saturated rings. The van der Waals surface area contributed by atoms with Crippen LogP contribution < -0.4 is 4.90 Å². The van der Waals surface area contributed by atoms with Crippen LogP contribution in [0.3, 0.4) is 0 Å². The minimum atomic E-state index is -4.43. The van der Waals surface area contributed by atoms with Gasteiger partial charge in [-0.2, -0.15) is 13.2 Å². The molecule has 1 aromatic carbocycles. The van der Waals surface area contributed by atoms with Gasteiger partial charge in [0.2, 0.25) is 0 Å². The van der Waals surface area contributed by atoms with Gasteiger partial charge >= 0.3 is 6.18 Å². The van der Waals surface area contributed by atoms with Crippen molar-refractivity contribution in [3.05, 3.63) is 29.3 Å². The van der Waals surface area contributed by atoms with Crippen LogP contribution in [-0.4, -0.2) is 19.4 Å². The molecule has 0 unspecified atom stereocenters. The number of rotatable bonds is 3. The number of carbonyl (C=O) groups is 1. The van der Waals surface area contributed by atoms with Crippen molar-refractivity contribution in [2.45, 2.75) is 32.4 Å². The lowest BCUT2D eigenvalue weighted by Crippen LogP contribution is -2.34. The van der Waals surface area contributed by atoms with Crippen LogP contribution in [0.15, 0.2) is 18.2 Å². The standard InChI is InChI=1S/C15H18F3NO/c1-2-11-5-7-19(8-6-11)14-4-3-12(10-20)9-13(14)15(16,17)18/h3-4,9-11H,2,5-8H2,1H3. The van der Waals surface area contributed by atoms with Crippen LogP contribution in [0, 0.1) is 5.92 Å². The second kappa shape index (κ2) is 5.85. The smallest absolute Gasteiger partial charge is 0.371 e. The fourth-order valence-electron chi connectivity index (χ4n) is 2.71. The second-order valence-corrected chi connectivity index (χ2v) is 5.23. The Kier molecular flexibility index (Phi) is 4.35. The third kappa shape index (κ3) is 3.14. The molecule has 2 rings (SSSR count). The second-order valence-electron chi connectivity index (χ2n) is 5.23. The topological polar surface area (TPSA) is 20.3 Å². The number of piperidine rings is 1. The Hall–Kier alpha value is -1.52. The van der Waals surface area contributed by atoms with Gasteiger partial charge in [0.1, 0.15) is 6.29 Å². The molecule has 2 nitrogen and oxygen atoms in total. The molecule has 0 aromatic heterocycles. The van der Waals surface area contributed by atoms with Gasteiger partial charge in [0.05, 0.1) is 5.56 Å². The molecule has 0 radical (unpaired) electrons. The Morgan fingerprint density at radius 3 is 2.45 bits per heavy atom. The first-order valence-corrected chi connectivity index (χ1v) is 6.87. The number of anilines is 1. The molecule has 0 bridgehead atoms. The van der Waals surface area contributed by atoms with Crippen molar-refractivity contribution in [3.8, 4) is 0 Å². The maximum Gasteiger partial charge on any atom is 0.418 e. The molecule has 5 heteroatoms. The van der Waals surface area contributed by atoms with Crippen molar-refractivity contribution >= 4 is 12.0 Å². The lowest BCUT2D eigenvalue weighted by atomic mass is 9.93. The molecule has 1 aromatic rings. The zero-order valence-electron chi connectivity index (χ0n) is 11.4. The van der Waals surface area contributed by atoms with Crippen LogP contribution in [0.2, 0.25) is 0 Å². The van der Waals surface area contributed by atoms with E-state index in [1.807, 2.05) is 0 Å². The van der Waals surface area contributed by atoms with E-state index in [-0.39, 0.29) is 11.3 Å². The normalized spacial score (nSPS) is 17.3. The average Bonchev–Trinajstić information content (AvgIpc) is 2.46. The highest BCUT2D eigenvalue weighted by Gasteiger charge is 2.35. The van der Waals surface area contributed by atoms with Gasteiger partial charge in [-0.15, -0.1) is 0 Å². The Bertz CT molecular complexity index is 476. The number of hydrogen-bond donors (Lipinski definition) is 0. The number of hydrogen-bond acceptors (Lipinski definition) is 2. The first-order chi connectivity index (χ1) is 9.45. The van der Waals surface area contributed by atoms with E-state index in [1.54, 1.807) is 4.90 Å². The number of aldehydes is 1. The highest BCUT2D eigenvalue weighted by molar-refractivity contribution is 5.77. The zero-order chi connectivity index (χ0) is 14.8. The molecule has 20 heavy (non-hydrogen) atoms. The summed E-state index contributed by atoms with van der Waals surface area (Å²) >= 11 is 0. The Morgan fingerprint density at radius 1 is 1.30 bits per heavy atom. The van der Waals surface area contributed by atoms with Crippen molar-refractivity contribution in [3.63, 3.8) is 0 Å². The van der Waals surface area contributed by atoms with Crippen LogP contribution in [0.5, 0.6) is 0 Å². The van der Waals surface area contributed by atoms with E-state index in [1.165, 1.54) is 12.1 Å². The van der Waals surface area contributed by atoms with Gasteiger partial charge in [-0.25, -0.2) is 0 Å². The van der Waals surface area contributed by atoms with Gasteiger partial charge in [-0.05, 0) is 37.0 Å². The van der Waals surface area contributed by atoms with E-state index in [0.717, 1.165) is 25.3 Å². The maximum atomic E-state index is 13.1. The van der Waals surface area contributed by atoms with Crippen molar-refractivity contribution in [2.24, 2.45) is 5.92 Å². The van der Waals surface area contributed by atoms with Gasteiger partial charge in [0.25, 0.3) is 0 Å². The highest BCUT2D eigenvalue weighted by atomic mass is 19.4. The maximum absolute atomic E-state index is 13.1. The minimum Gasteiger partial charge on any atom is -0.371 e. The first kappa shape index (κ1) is 14.9. The van der Waals surface area contributed by atoms with Crippen LogP contribution in [0.4, 0.5) is 18.9 Å². The first-order valence-electron chi connectivity index (χ1n) is 6.87. The molecule has 1 saturated heterocycles. The van der Waals surface area contributed by atoms with Crippen LogP contribution >= 0.6 is 0 Å². The molecule has 0 atom stereocenters. The lowest BCUT2D eigenvalue weighted by molar-refractivity contribution is -0.137. The molecule has 0 N–H and O–H groups in total. The van der Waals surface area contributed by atoms with E-state index in [9.17, 15) is 18.0 Å². The van der Waals surface area contributed by atoms with Crippen molar-refractivity contribution < 1.29 is 18.0 Å². The molecule has 1 aliphatic heterocycles. The molecule has 0 spiro atoms. The molecular formula is C15H18F3NO. The SMILES string of the molecule is CCC1CCN(c2ccc(C=O)cc2C(F)(F)F)CC1. The Morgan fingerprint density at radius 2 is 1.95 bits per heavy atom. The molecule has 110 valence electrons. The van der Waals surface area contributed by atoms with Gasteiger partial charge in [-0.1, -0.05) is 13.3 Å². The largest absolute Gasteiger partial charge is 0.418 e. The summed E-state index contributed by atoms with van der Waals surface area (Å²) in [6.45, 7) is 3.39.